The van der Waals surface area contributed by atoms with E-state index in [1.165, 1.54) is 0 Å². The minimum Gasteiger partial charge on any atom is -0.506 e. The van der Waals surface area contributed by atoms with E-state index >= 15 is 0 Å². The molecular formula is C23H25ClO7. The monoisotopic (exact) mass is 448 g/mol. The van der Waals surface area contributed by atoms with Crippen LogP contribution in [0.5, 0.6) is 5.75 Å². The molecule has 1 fully saturated rings. The van der Waals surface area contributed by atoms with Gasteiger partial charge in [-0.05, 0) is 47.9 Å². The number of hydrogen-bond acceptors (Lipinski definition) is 7. The number of aliphatic hydroxyl groups is 4. The molecule has 0 aliphatic carbocycles. The first-order chi connectivity index (χ1) is 15.0. The van der Waals surface area contributed by atoms with Crippen LogP contribution >= 0.6 is 11.6 Å². The molecule has 4 rings (SSSR count). The number of hydrogen-bond donors (Lipinski definition) is 4. The number of rotatable bonds is 6. The van der Waals surface area contributed by atoms with Crippen LogP contribution in [0.3, 0.4) is 0 Å². The van der Waals surface area contributed by atoms with Gasteiger partial charge in [0.1, 0.15) is 24.1 Å². The lowest BCUT2D eigenvalue weighted by Gasteiger charge is -2.33. The maximum absolute atomic E-state index is 10.3. The lowest BCUT2D eigenvalue weighted by Crippen LogP contribution is -2.45. The Balaban J connectivity index is 1.53. The van der Waals surface area contributed by atoms with Gasteiger partial charge in [0.05, 0.1) is 19.8 Å². The molecule has 2 aromatic carbocycles. The predicted molar refractivity (Wildman–Crippen MR) is 114 cm³/mol. The molecule has 2 heterocycles. The van der Waals surface area contributed by atoms with Crippen molar-refractivity contribution in [1.29, 1.82) is 0 Å². The molecule has 0 saturated carbocycles. The second-order valence-corrected chi connectivity index (χ2v) is 8.13. The molecule has 8 heteroatoms. The van der Waals surface area contributed by atoms with Crippen LogP contribution in [0.4, 0.5) is 0 Å². The van der Waals surface area contributed by atoms with Crippen molar-refractivity contribution in [3.8, 4) is 5.75 Å². The summed E-state index contributed by atoms with van der Waals surface area (Å²) in [5.74, 6) is 0.313. The molecule has 0 aromatic heterocycles. The van der Waals surface area contributed by atoms with E-state index < -0.39 is 30.7 Å². The summed E-state index contributed by atoms with van der Waals surface area (Å²) in [5.41, 5.74) is 2.30. The maximum atomic E-state index is 10.3. The molecule has 7 nitrogen and oxygen atoms in total. The Hall–Kier alpha value is -2.29. The number of halogens is 1. The summed E-state index contributed by atoms with van der Waals surface area (Å²) in [6.07, 6.45) is -2.50. The van der Waals surface area contributed by atoms with Crippen LogP contribution in [0, 0.1) is 0 Å². The molecule has 4 N–H and O–H groups in total. The fourth-order valence-corrected chi connectivity index (χ4v) is 3.88. The normalized spacial score (nSPS) is 26.1. The molecule has 1 saturated heterocycles. The Morgan fingerprint density at radius 2 is 1.87 bits per heavy atom. The average molecular weight is 449 g/mol. The van der Waals surface area contributed by atoms with Gasteiger partial charge in [-0.1, -0.05) is 23.7 Å². The predicted octanol–water partition coefficient (Wildman–Crippen LogP) is 2.44. The summed E-state index contributed by atoms with van der Waals surface area (Å²) >= 11 is 6.39. The summed E-state index contributed by atoms with van der Waals surface area (Å²) in [7, 11) is 0. The van der Waals surface area contributed by atoms with Gasteiger partial charge in [0, 0.05) is 17.0 Å². The van der Waals surface area contributed by atoms with Crippen molar-refractivity contribution < 1.29 is 34.6 Å². The highest BCUT2D eigenvalue weighted by Crippen LogP contribution is 2.33. The Morgan fingerprint density at radius 1 is 1.10 bits per heavy atom. The highest BCUT2D eigenvalue weighted by Gasteiger charge is 2.38. The number of benzene rings is 2. The van der Waals surface area contributed by atoms with Crippen molar-refractivity contribution in [2.45, 2.75) is 37.3 Å². The molecule has 0 spiro atoms. The lowest BCUT2D eigenvalue weighted by atomic mass is 9.97. The van der Waals surface area contributed by atoms with Crippen molar-refractivity contribution >= 4 is 17.4 Å². The van der Waals surface area contributed by atoms with Crippen LogP contribution in [0.25, 0.3) is 5.76 Å². The van der Waals surface area contributed by atoms with Crippen molar-refractivity contribution in [2.75, 3.05) is 19.8 Å². The number of ether oxygens (including phenoxy) is 3. The fraction of sp³-hybridized carbons (Fsp3) is 0.391. The zero-order chi connectivity index (χ0) is 22.0. The second kappa shape index (κ2) is 9.46. The highest BCUT2D eigenvalue weighted by atomic mass is 35.5. The van der Waals surface area contributed by atoms with Crippen molar-refractivity contribution in [3.63, 3.8) is 0 Å². The zero-order valence-electron chi connectivity index (χ0n) is 16.8. The van der Waals surface area contributed by atoms with Gasteiger partial charge < -0.3 is 34.6 Å². The van der Waals surface area contributed by atoms with Crippen LogP contribution < -0.4 is 4.74 Å². The molecule has 31 heavy (non-hydrogen) atoms. The minimum atomic E-state index is -1.54. The Bertz CT molecular complexity index is 937. The molecular weight excluding hydrogens is 424 g/mol. The van der Waals surface area contributed by atoms with E-state index in [4.69, 9.17) is 25.8 Å². The molecule has 0 radical (unpaired) electrons. The molecule has 0 bridgehead atoms. The average Bonchev–Trinajstić information content (AvgIpc) is 3.28. The third-order valence-corrected chi connectivity index (χ3v) is 5.85. The first-order valence-electron chi connectivity index (χ1n) is 10.1. The van der Waals surface area contributed by atoms with Crippen LogP contribution in [-0.4, -0.2) is 64.7 Å². The lowest BCUT2D eigenvalue weighted by molar-refractivity contribution is -0.0915. The smallest absolute Gasteiger partial charge is 0.167 e. The first-order valence-corrected chi connectivity index (χ1v) is 10.5. The SMILES string of the molecule is OC[C@H]1OC(c2ccc(Cl)c(Cc3ccc(O[C@H]4CCOC4)cc3)c2)=C(O)[C@@H](O)[C@@H]1O. The van der Waals surface area contributed by atoms with E-state index in [2.05, 4.69) is 0 Å². The molecule has 0 unspecified atom stereocenters. The topological polar surface area (TPSA) is 109 Å². The molecule has 4 atom stereocenters. The van der Waals surface area contributed by atoms with Crippen molar-refractivity contribution in [1.82, 2.24) is 0 Å². The van der Waals surface area contributed by atoms with Crippen molar-refractivity contribution in [2.24, 2.45) is 0 Å². The van der Waals surface area contributed by atoms with Crippen LogP contribution in [0.2, 0.25) is 5.02 Å². The Labute approximate surface area is 185 Å². The highest BCUT2D eigenvalue weighted by molar-refractivity contribution is 6.31. The Morgan fingerprint density at radius 3 is 2.55 bits per heavy atom. The largest absolute Gasteiger partial charge is 0.506 e. The van der Waals surface area contributed by atoms with E-state index in [1.54, 1.807) is 18.2 Å². The third kappa shape index (κ3) is 4.81. The summed E-state index contributed by atoms with van der Waals surface area (Å²) < 4.78 is 16.8. The zero-order valence-corrected chi connectivity index (χ0v) is 17.5. The molecule has 2 aliphatic rings. The van der Waals surface area contributed by atoms with E-state index in [0.717, 1.165) is 29.9 Å². The summed E-state index contributed by atoms with van der Waals surface area (Å²) in [6.45, 7) is 0.830. The molecule has 166 valence electrons. The molecule has 2 aliphatic heterocycles. The van der Waals surface area contributed by atoms with Gasteiger partial charge >= 0.3 is 0 Å². The second-order valence-electron chi connectivity index (χ2n) is 7.72. The number of aliphatic hydroxyl groups excluding tert-OH is 4. The van der Waals surface area contributed by atoms with Crippen LogP contribution in [-0.2, 0) is 15.9 Å². The van der Waals surface area contributed by atoms with E-state index in [-0.39, 0.29) is 11.9 Å². The third-order valence-electron chi connectivity index (χ3n) is 5.48. The quantitative estimate of drug-likeness (QED) is 0.537. The van der Waals surface area contributed by atoms with E-state index in [1.807, 2.05) is 24.3 Å². The Kier molecular flexibility index (Phi) is 6.69. The molecule has 0 amide bonds. The minimum absolute atomic E-state index is 0.0114. The van der Waals surface area contributed by atoms with Gasteiger partial charge in [-0.2, -0.15) is 0 Å². The molecule has 2 aromatic rings. The fourth-order valence-electron chi connectivity index (χ4n) is 3.70. The standard InChI is InChI=1S/C23H25ClO7/c24-18-6-3-14(23-22(28)21(27)20(26)19(11-25)31-23)10-15(18)9-13-1-4-16(5-2-13)30-17-7-8-29-12-17/h1-6,10,17,19-21,25-28H,7-9,11-12H2/t17-,19+,20+,21-/m0/s1. The van der Waals surface area contributed by atoms with Gasteiger partial charge in [0.2, 0.25) is 0 Å². The van der Waals surface area contributed by atoms with Crippen molar-refractivity contribution in [3.05, 3.63) is 69.9 Å². The summed E-state index contributed by atoms with van der Waals surface area (Å²) in [5, 5.41) is 40.2. The first kappa shape index (κ1) is 21.9. The van der Waals surface area contributed by atoms with E-state index in [9.17, 15) is 20.4 Å². The van der Waals surface area contributed by atoms with Gasteiger partial charge in [0.25, 0.3) is 0 Å². The summed E-state index contributed by atoms with van der Waals surface area (Å²) in [4.78, 5) is 0. The van der Waals surface area contributed by atoms with Crippen LogP contribution in [0.15, 0.2) is 48.2 Å². The van der Waals surface area contributed by atoms with Gasteiger partial charge in [-0.3, -0.25) is 0 Å². The van der Waals surface area contributed by atoms with Gasteiger partial charge in [-0.25, -0.2) is 0 Å². The summed E-state index contributed by atoms with van der Waals surface area (Å²) in [6, 6.07) is 12.8. The maximum Gasteiger partial charge on any atom is 0.167 e. The van der Waals surface area contributed by atoms with Gasteiger partial charge in [0.15, 0.2) is 17.6 Å². The van der Waals surface area contributed by atoms with E-state index in [0.29, 0.717) is 23.6 Å². The van der Waals surface area contributed by atoms with Crippen LogP contribution in [0.1, 0.15) is 23.1 Å². The van der Waals surface area contributed by atoms with Gasteiger partial charge in [-0.15, -0.1) is 0 Å².